The van der Waals surface area contributed by atoms with Crippen LogP contribution in [-0.2, 0) is 11.3 Å². The van der Waals surface area contributed by atoms with Crippen LogP contribution in [0, 0.1) is 5.92 Å². The smallest absolute Gasteiger partial charge is 0.249 e. The van der Waals surface area contributed by atoms with Gasteiger partial charge in [-0.25, -0.2) is 4.63 Å². The quantitative estimate of drug-likeness (QED) is 0.895. The van der Waals surface area contributed by atoms with Gasteiger partial charge < -0.3 is 10.4 Å². The molecule has 6 nitrogen and oxygen atoms in total. The molecule has 1 aliphatic rings. The lowest BCUT2D eigenvalue weighted by atomic mass is 9.85. The highest BCUT2D eigenvalue weighted by Gasteiger charge is 2.27. The molecule has 0 aliphatic heterocycles. The maximum absolute atomic E-state index is 12.0. The highest BCUT2D eigenvalue weighted by Crippen LogP contribution is 2.26. The lowest BCUT2D eigenvalue weighted by Crippen LogP contribution is -2.39. The zero-order chi connectivity index (χ0) is 14.7. The molecule has 1 aromatic carbocycles. The Bertz CT molecular complexity index is 619. The van der Waals surface area contributed by atoms with E-state index < -0.39 is 6.10 Å². The van der Waals surface area contributed by atoms with Crippen molar-refractivity contribution in [3.05, 3.63) is 23.8 Å². The molecule has 1 atom stereocenters. The average Bonchev–Trinajstić information content (AvgIpc) is 3.00. The first kappa shape index (κ1) is 14.0. The molecule has 6 heteroatoms. The Balaban J connectivity index is 1.57. The number of aromatic nitrogens is 2. The van der Waals surface area contributed by atoms with E-state index in [1.165, 1.54) is 6.42 Å². The molecule has 2 aromatic rings. The summed E-state index contributed by atoms with van der Waals surface area (Å²) < 4.78 is 4.64. The van der Waals surface area contributed by atoms with E-state index in [2.05, 4.69) is 20.3 Å². The number of amides is 1. The lowest BCUT2D eigenvalue weighted by molar-refractivity contribution is -0.132. The molecule has 3 rings (SSSR count). The van der Waals surface area contributed by atoms with Gasteiger partial charge >= 0.3 is 0 Å². The first-order valence-electron chi connectivity index (χ1n) is 7.41. The van der Waals surface area contributed by atoms with Gasteiger partial charge in [0, 0.05) is 6.54 Å². The van der Waals surface area contributed by atoms with Crippen LogP contribution in [0.2, 0.25) is 0 Å². The fourth-order valence-electron chi connectivity index (χ4n) is 2.90. The van der Waals surface area contributed by atoms with Gasteiger partial charge in [0.1, 0.15) is 17.1 Å². The molecule has 1 heterocycles. The Morgan fingerprint density at radius 1 is 1.29 bits per heavy atom. The molecule has 1 aliphatic carbocycles. The molecule has 1 saturated carbocycles. The summed E-state index contributed by atoms with van der Waals surface area (Å²) in [7, 11) is 0. The minimum atomic E-state index is -0.900. The summed E-state index contributed by atoms with van der Waals surface area (Å²) in [5.74, 6) is -0.193. The SMILES string of the molecule is O=C(NCc1ccc2nonc2c1)[C@H](O)C1CCCCC1. The molecule has 0 unspecified atom stereocenters. The molecule has 0 spiro atoms. The van der Waals surface area contributed by atoms with E-state index in [0.29, 0.717) is 17.6 Å². The molecular formula is C15H19N3O3. The molecule has 1 fully saturated rings. The number of nitrogens with zero attached hydrogens (tertiary/aromatic N) is 2. The minimum Gasteiger partial charge on any atom is -0.383 e. The average molecular weight is 289 g/mol. The number of aliphatic hydroxyl groups excluding tert-OH is 1. The highest BCUT2D eigenvalue weighted by atomic mass is 16.6. The van der Waals surface area contributed by atoms with Crippen LogP contribution in [0.4, 0.5) is 0 Å². The van der Waals surface area contributed by atoms with Crippen molar-refractivity contribution in [1.29, 1.82) is 0 Å². The highest BCUT2D eigenvalue weighted by molar-refractivity contribution is 5.81. The summed E-state index contributed by atoms with van der Waals surface area (Å²) in [6, 6.07) is 5.48. The van der Waals surface area contributed by atoms with Gasteiger partial charge in [-0.1, -0.05) is 25.3 Å². The van der Waals surface area contributed by atoms with Crippen LogP contribution in [-0.4, -0.2) is 27.4 Å². The second-order valence-electron chi connectivity index (χ2n) is 5.65. The van der Waals surface area contributed by atoms with Gasteiger partial charge in [-0.05, 0) is 46.8 Å². The Hall–Kier alpha value is -1.95. The van der Waals surface area contributed by atoms with Crippen molar-refractivity contribution < 1.29 is 14.5 Å². The van der Waals surface area contributed by atoms with E-state index in [1.807, 2.05) is 12.1 Å². The van der Waals surface area contributed by atoms with Gasteiger partial charge in [0.15, 0.2) is 0 Å². The van der Waals surface area contributed by atoms with Crippen LogP contribution in [0.25, 0.3) is 11.0 Å². The predicted octanol–water partition coefficient (Wildman–Crippen LogP) is 1.78. The number of carbonyl (C=O) groups excluding carboxylic acids is 1. The second-order valence-corrected chi connectivity index (χ2v) is 5.65. The Morgan fingerprint density at radius 2 is 2.05 bits per heavy atom. The Kier molecular flexibility index (Phi) is 4.15. The first-order chi connectivity index (χ1) is 10.2. The summed E-state index contributed by atoms with van der Waals surface area (Å²) in [4.78, 5) is 12.0. The monoisotopic (exact) mass is 289 g/mol. The summed E-state index contributed by atoms with van der Waals surface area (Å²) in [5.41, 5.74) is 2.25. The molecule has 112 valence electrons. The maximum Gasteiger partial charge on any atom is 0.249 e. The summed E-state index contributed by atoms with van der Waals surface area (Å²) >= 11 is 0. The number of hydrogen-bond donors (Lipinski definition) is 2. The van der Waals surface area contributed by atoms with E-state index >= 15 is 0 Å². The summed E-state index contributed by atoms with van der Waals surface area (Å²) in [6.45, 7) is 0.366. The first-order valence-corrected chi connectivity index (χ1v) is 7.41. The van der Waals surface area contributed by atoms with Gasteiger partial charge in [0.2, 0.25) is 5.91 Å². The third-order valence-corrected chi connectivity index (χ3v) is 4.15. The van der Waals surface area contributed by atoms with E-state index in [9.17, 15) is 9.90 Å². The molecule has 2 N–H and O–H groups in total. The van der Waals surface area contributed by atoms with Crippen molar-refractivity contribution in [2.45, 2.75) is 44.8 Å². The number of nitrogens with one attached hydrogen (secondary N) is 1. The van der Waals surface area contributed by atoms with Crippen LogP contribution in [0.3, 0.4) is 0 Å². The number of hydrogen-bond acceptors (Lipinski definition) is 5. The number of rotatable bonds is 4. The van der Waals surface area contributed by atoms with Crippen molar-refractivity contribution >= 4 is 16.9 Å². The van der Waals surface area contributed by atoms with Crippen LogP contribution in [0.1, 0.15) is 37.7 Å². The molecule has 21 heavy (non-hydrogen) atoms. The molecule has 0 bridgehead atoms. The van der Waals surface area contributed by atoms with Crippen LogP contribution in [0.5, 0.6) is 0 Å². The number of carbonyl (C=O) groups is 1. The van der Waals surface area contributed by atoms with Crippen LogP contribution >= 0.6 is 0 Å². The minimum absolute atomic E-state index is 0.0981. The van der Waals surface area contributed by atoms with Gasteiger partial charge in [-0.2, -0.15) is 0 Å². The molecule has 1 aromatic heterocycles. The van der Waals surface area contributed by atoms with Crippen molar-refractivity contribution in [3.63, 3.8) is 0 Å². The van der Waals surface area contributed by atoms with Crippen molar-refractivity contribution in [2.24, 2.45) is 5.92 Å². The largest absolute Gasteiger partial charge is 0.383 e. The van der Waals surface area contributed by atoms with E-state index in [-0.39, 0.29) is 11.8 Å². The number of benzene rings is 1. The molecular weight excluding hydrogens is 270 g/mol. The number of aliphatic hydroxyl groups is 1. The fourth-order valence-corrected chi connectivity index (χ4v) is 2.90. The fraction of sp³-hybridized carbons (Fsp3) is 0.533. The van der Waals surface area contributed by atoms with Crippen LogP contribution < -0.4 is 5.32 Å². The van der Waals surface area contributed by atoms with Crippen LogP contribution in [0.15, 0.2) is 22.8 Å². The Morgan fingerprint density at radius 3 is 2.86 bits per heavy atom. The predicted molar refractivity (Wildman–Crippen MR) is 76.2 cm³/mol. The van der Waals surface area contributed by atoms with E-state index in [4.69, 9.17) is 0 Å². The molecule has 0 radical (unpaired) electrons. The van der Waals surface area contributed by atoms with Crippen molar-refractivity contribution in [3.8, 4) is 0 Å². The van der Waals surface area contributed by atoms with E-state index in [0.717, 1.165) is 31.2 Å². The second kappa shape index (κ2) is 6.22. The maximum atomic E-state index is 12.0. The third kappa shape index (κ3) is 3.21. The lowest BCUT2D eigenvalue weighted by Gasteiger charge is -2.25. The van der Waals surface area contributed by atoms with Gasteiger partial charge in [0.05, 0.1) is 0 Å². The van der Waals surface area contributed by atoms with Crippen molar-refractivity contribution in [1.82, 2.24) is 15.6 Å². The zero-order valence-corrected chi connectivity index (χ0v) is 11.8. The zero-order valence-electron chi connectivity index (χ0n) is 11.8. The summed E-state index contributed by atoms with van der Waals surface area (Å²) in [6.07, 6.45) is 4.38. The van der Waals surface area contributed by atoms with Gasteiger partial charge in [-0.3, -0.25) is 4.79 Å². The third-order valence-electron chi connectivity index (χ3n) is 4.15. The molecule has 1 amide bonds. The topological polar surface area (TPSA) is 88.3 Å². The standard InChI is InChI=1S/C15H19N3O3/c19-14(11-4-2-1-3-5-11)15(20)16-9-10-6-7-12-13(8-10)18-21-17-12/h6-8,11,14,19H,1-5,9H2,(H,16,20)/t14-/m1/s1. The summed E-state index contributed by atoms with van der Waals surface area (Å²) in [5, 5.41) is 20.4. The van der Waals surface area contributed by atoms with Crippen molar-refractivity contribution in [2.75, 3.05) is 0 Å². The van der Waals surface area contributed by atoms with Gasteiger partial charge in [-0.15, -0.1) is 0 Å². The molecule has 0 saturated heterocycles. The normalized spacial score (nSPS) is 17.8. The van der Waals surface area contributed by atoms with Gasteiger partial charge in [0.25, 0.3) is 0 Å². The van der Waals surface area contributed by atoms with E-state index in [1.54, 1.807) is 6.07 Å². The Labute approximate surface area is 122 Å². The number of fused-ring (bicyclic) bond motifs is 1.